The summed E-state index contributed by atoms with van der Waals surface area (Å²) in [6.07, 6.45) is 1.33. The lowest BCUT2D eigenvalue weighted by Gasteiger charge is -2.38. The molecule has 1 N–H and O–H groups in total. The van der Waals surface area contributed by atoms with Crippen molar-refractivity contribution in [1.82, 2.24) is 19.9 Å². The van der Waals surface area contributed by atoms with Crippen molar-refractivity contribution in [2.75, 3.05) is 13.1 Å². The number of amides is 1. The van der Waals surface area contributed by atoms with Gasteiger partial charge in [-0.3, -0.25) is 4.79 Å². The van der Waals surface area contributed by atoms with Gasteiger partial charge in [-0.2, -0.15) is 0 Å². The van der Waals surface area contributed by atoms with Gasteiger partial charge in [-0.15, -0.1) is 11.3 Å². The van der Waals surface area contributed by atoms with E-state index < -0.39 is 0 Å². The molecule has 1 aliphatic rings. The second-order valence-electron chi connectivity index (χ2n) is 5.90. The molecule has 1 amide bonds. The summed E-state index contributed by atoms with van der Waals surface area (Å²) in [7, 11) is 0. The van der Waals surface area contributed by atoms with Gasteiger partial charge in [0.15, 0.2) is 0 Å². The van der Waals surface area contributed by atoms with E-state index in [1.807, 2.05) is 34.5 Å². The average Bonchev–Trinajstić information content (AvgIpc) is 3.11. The molecule has 1 aromatic carbocycles. The van der Waals surface area contributed by atoms with Crippen LogP contribution < -0.4 is 0 Å². The van der Waals surface area contributed by atoms with E-state index in [0.29, 0.717) is 12.3 Å². The first kappa shape index (κ1) is 14.4. The number of aromatic nitrogens is 3. The van der Waals surface area contributed by atoms with Crippen LogP contribution in [0.5, 0.6) is 0 Å². The highest BCUT2D eigenvalue weighted by atomic mass is 32.1. The number of nitrogens with zero attached hydrogens (tertiary/aromatic N) is 3. The number of imidazole rings is 1. The van der Waals surface area contributed by atoms with Gasteiger partial charge in [0.1, 0.15) is 10.8 Å². The maximum absolute atomic E-state index is 12.3. The fourth-order valence-electron chi connectivity index (χ4n) is 2.85. The zero-order valence-corrected chi connectivity index (χ0v) is 13.8. The number of fused-ring (bicyclic) bond motifs is 1. The van der Waals surface area contributed by atoms with Gasteiger partial charge < -0.3 is 9.88 Å². The molecule has 0 saturated carbocycles. The Morgan fingerprint density at radius 1 is 1.35 bits per heavy atom. The summed E-state index contributed by atoms with van der Waals surface area (Å²) in [5.41, 5.74) is 3.12. The summed E-state index contributed by atoms with van der Waals surface area (Å²) in [6, 6.07) is 8.02. The number of likely N-dealkylation sites (tertiary alicyclic amines) is 1. The molecule has 0 atom stereocenters. The summed E-state index contributed by atoms with van der Waals surface area (Å²) in [5, 5.41) is 2.95. The molecule has 6 heteroatoms. The Kier molecular flexibility index (Phi) is 3.61. The molecule has 0 aliphatic carbocycles. The van der Waals surface area contributed by atoms with Crippen LogP contribution in [0.4, 0.5) is 0 Å². The first-order valence-electron chi connectivity index (χ1n) is 7.88. The van der Waals surface area contributed by atoms with E-state index in [4.69, 9.17) is 0 Å². The number of hydrogen-bond acceptors (Lipinski definition) is 4. The molecule has 4 rings (SSSR count). The van der Waals surface area contributed by atoms with Gasteiger partial charge in [0.2, 0.25) is 5.91 Å². The number of benzene rings is 1. The predicted octanol–water partition coefficient (Wildman–Crippen LogP) is 2.75. The SMILES string of the molecule is CCc1csc(CC(=O)N2CC(c3nc4ccccc4[nH]3)C2)n1. The Labute approximate surface area is 138 Å². The van der Waals surface area contributed by atoms with Crippen molar-refractivity contribution >= 4 is 28.3 Å². The van der Waals surface area contributed by atoms with Gasteiger partial charge in [-0.25, -0.2) is 9.97 Å². The molecule has 5 nitrogen and oxygen atoms in total. The molecule has 2 aromatic heterocycles. The minimum Gasteiger partial charge on any atom is -0.342 e. The van der Waals surface area contributed by atoms with Crippen LogP contribution in [-0.2, 0) is 17.6 Å². The van der Waals surface area contributed by atoms with Crippen LogP contribution in [0.25, 0.3) is 11.0 Å². The predicted molar refractivity (Wildman–Crippen MR) is 90.6 cm³/mol. The van der Waals surface area contributed by atoms with Gasteiger partial charge in [-0.1, -0.05) is 19.1 Å². The van der Waals surface area contributed by atoms with E-state index in [2.05, 4.69) is 21.9 Å². The van der Waals surface area contributed by atoms with E-state index in [1.165, 1.54) is 0 Å². The highest BCUT2D eigenvalue weighted by molar-refractivity contribution is 7.09. The molecule has 0 unspecified atom stereocenters. The maximum Gasteiger partial charge on any atom is 0.229 e. The largest absolute Gasteiger partial charge is 0.342 e. The highest BCUT2D eigenvalue weighted by Crippen LogP contribution is 2.27. The minimum absolute atomic E-state index is 0.161. The first-order chi connectivity index (χ1) is 11.2. The zero-order chi connectivity index (χ0) is 15.8. The van der Waals surface area contributed by atoms with Crippen LogP contribution in [0.3, 0.4) is 0 Å². The maximum atomic E-state index is 12.3. The van der Waals surface area contributed by atoms with E-state index in [9.17, 15) is 4.79 Å². The quantitative estimate of drug-likeness (QED) is 0.802. The van der Waals surface area contributed by atoms with Crippen molar-refractivity contribution < 1.29 is 4.79 Å². The minimum atomic E-state index is 0.161. The molecule has 1 fully saturated rings. The molecule has 3 heterocycles. The number of rotatable bonds is 4. The third-order valence-corrected chi connectivity index (χ3v) is 5.19. The van der Waals surface area contributed by atoms with Gasteiger partial charge in [0, 0.05) is 18.5 Å². The van der Waals surface area contributed by atoms with Crippen LogP contribution >= 0.6 is 11.3 Å². The molecule has 118 valence electrons. The number of para-hydroxylation sites is 2. The standard InChI is InChI=1S/C17H18N4OS/c1-2-12-10-23-15(18-12)7-16(22)21-8-11(9-21)17-19-13-5-3-4-6-14(13)20-17/h3-6,10-11H,2,7-9H2,1H3,(H,19,20). The Morgan fingerprint density at radius 2 is 2.17 bits per heavy atom. The number of H-pyrrole nitrogens is 1. The van der Waals surface area contributed by atoms with Crippen LogP contribution in [-0.4, -0.2) is 38.8 Å². The Hall–Kier alpha value is -2.21. The van der Waals surface area contributed by atoms with Gasteiger partial charge >= 0.3 is 0 Å². The van der Waals surface area contributed by atoms with Gasteiger partial charge in [-0.05, 0) is 18.6 Å². The second-order valence-corrected chi connectivity index (χ2v) is 6.84. The first-order valence-corrected chi connectivity index (χ1v) is 8.76. The van der Waals surface area contributed by atoms with Crippen molar-refractivity contribution in [3.63, 3.8) is 0 Å². The van der Waals surface area contributed by atoms with Crippen molar-refractivity contribution in [1.29, 1.82) is 0 Å². The second kappa shape index (κ2) is 5.77. The molecular formula is C17H18N4OS. The number of thiazole rings is 1. The monoisotopic (exact) mass is 326 g/mol. The Bertz CT molecular complexity index is 814. The van der Waals surface area contributed by atoms with Crippen LogP contribution in [0.1, 0.15) is 29.4 Å². The van der Waals surface area contributed by atoms with Crippen molar-refractivity contribution in [2.24, 2.45) is 0 Å². The summed E-state index contributed by atoms with van der Waals surface area (Å²) in [6.45, 7) is 3.56. The summed E-state index contributed by atoms with van der Waals surface area (Å²) in [4.78, 5) is 26.6. The van der Waals surface area contributed by atoms with Crippen molar-refractivity contribution in [3.8, 4) is 0 Å². The Balaban J connectivity index is 1.37. The lowest BCUT2D eigenvalue weighted by atomic mass is 9.99. The van der Waals surface area contributed by atoms with Gasteiger partial charge in [0.25, 0.3) is 0 Å². The molecule has 0 bridgehead atoms. The number of aryl methyl sites for hydroxylation is 1. The molecule has 0 radical (unpaired) electrons. The van der Waals surface area contributed by atoms with E-state index in [0.717, 1.165) is 47.1 Å². The zero-order valence-electron chi connectivity index (χ0n) is 13.0. The summed E-state index contributed by atoms with van der Waals surface area (Å²) >= 11 is 1.58. The number of aromatic amines is 1. The summed E-state index contributed by atoms with van der Waals surface area (Å²) < 4.78 is 0. The fourth-order valence-corrected chi connectivity index (χ4v) is 3.72. The third kappa shape index (κ3) is 2.74. The molecule has 3 aromatic rings. The van der Waals surface area contributed by atoms with Crippen LogP contribution in [0.2, 0.25) is 0 Å². The third-order valence-electron chi connectivity index (χ3n) is 4.29. The topological polar surface area (TPSA) is 61.9 Å². The molecule has 1 saturated heterocycles. The van der Waals surface area contributed by atoms with Crippen LogP contribution in [0.15, 0.2) is 29.6 Å². The fraction of sp³-hybridized carbons (Fsp3) is 0.353. The molecule has 0 spiro atoms. The van der Waals surface area contributed by atoms with E-state index in [1.54, 1.807) is 11.3 Å². The molecule has 1 aliphatic heterocycles. The number of nitrogens with one attached hydrogen (secondary N) is 1. The smallest absolute Gasteiger partial charge is 0.229 e. The number of carbonyl (C=O) groups is 1. The van der Waals surface area contributed by atoms with E-state index in [-0.39, 0.29) is 5.91 Å². The normalized spacial score (nSPS) is 15.1. The van der Waals surface area contributed by atoms with E-state index >= 15 is 0 Å². The van der Waals surface area contributed by atoms with Crippen molar-refractivity contribution in [2.45, 2.75) is 25.7 Å². The lowest BCUT2D eigenvalue weighted by molar-refractivity contribution is -0.134. The lowest BCUT2D eigenvalue weighted by Crippen LogP contribution is -2.49. The summed E-state index contributed by atoms with van der Waals surface area (Å²) in [5.74, 6) is 1.46. The molecule has 23 heavy (non-hydrogen) atoms. The van der Waals surface area contributed by atoms with Crippen LogP contribution in [0, 0.1) is 0 Å². The van der Waals surface area contributed by atoms with Crippen molar-refractivity contribution in [3.05, 3.63) is 46.2 Å². The number of hydrogen-bond donors (Lipinski definition) is 1. The average molecular weight is 326 g/mol. The Morgan fingerprint density at radius 3 is 2.91 bits per heavy atom. The van der Waals surface area contributed by atoms with Gasteiger partial charge in [0.05, 0.1) is 29.1 Å². The molecular weight excluding hydrogens is 308 g/mol. The highest BCUT2D eigenvalue weighted by Gasteiger charge is 2.33. The number of carbonyl (C=O) groups excluding carboxylic acids is 1.